The number of aromatic nitrogens is 3. The summed E-state index contributed by atoms with van der Waals surface area (Å²) in [7, 11) is 0. The molecule has 1 heterocycles. The fourth-order valence-corrected chi connectivity index (χ4v) is 1.68. The molecule has 14 heavy (non-hydrogen) atoms. The van der Waals surface area contributed by atoms with Crippen molar-refractivity contribution >= 4 is 11.6 Å². The second-order valence-corrected chi connectivity index (χ2v) is 4.21. The van der Waals surface area contributed by atoms with E-state index in [4.69, 9.17) is 11.6 Å². The van der Waals surface area contributed by atoms with E-state index in [-0.39, 0.29) is 0 Å². The Kier molecular flexibility index (Phi) is 4.39. The molecule has 0 spiro atoms. The fourth-order valence-electron chi connectivity index (χ4n) is 1.48. The third kappa shape index (κ3) is 2.71. The first-order chi connectivity index (χ1) is 6.69. The molecular formula is C10H18ClN3. The summed E-state index contributed by atoms with van der Waals surface area (Å²) in [5.74, 6) is 1.06. The van der Waals surface area contributed by atoms with E-state index >= 15 is 0 Å². The second kappa shape index (κ2) is 5.35. The van der Waals surface area contributed by atoms with Crippen molar-refractivity contribution in [1.82, 2.24) is 15.0 Å². The Morgan fingerprint density at radius 2 is 2.14 bits per heavy atom. The van der Waals surface area contributed by atoms with Gasteiger partial charge in [0.1, 0.15) is 5.69 Å². The van der Waals surface area contributed by atoms with Crippen LogP contribution in [0.4, 0.5) is 0 Å². The van der Waals surface area contributed by atoms with Crippen molar-refractivity contribution in [1.29, 1.82) is 0 Å². The van der Waals surface area contributed by atoms with E-state index in [1.54, 1.807) is 0 Å². The molecule has 1 aromatic rings. The highest BCUT2D eigenvalue weighted by Gasteiger charge is 2.11. The number of rotatable bonds is 5. The van der Waals surface area contributed by atoms with E-state index in [9.17, 15) is 0 Å². The van der Waals surface area contributed by atoms with E-state index in [0.717, 1.165) is 25.1 Å². The first-order valence-electron chi connectivity index (χ1n) is 5.16. The maximum Gasteiger partial charge on any atom is 0.101 e. The lowest BCUT2D eigenvalue weighted by molar-refractivity contribution is 0.457. The highest BCUT2D eigenvalue weighted by molar-refractivity contribution is 6.16. The Hall–Kier alpha value is -0.570. The predicted octanol–water partition coefficient (Wildman–Crippen LogP) is 2.63. The summed E-state index contributed by atoms with van der Waals surface area (Å²) in [6, 6.07) is 0. The minimum atomic E-state index is 0.466. The zero-order valence-corrected chi connectivity index (χ0v) is 9.88. The monoisotopic (exact) mass is 215 g/mol. The van der Waals surface area contributed by atoms with Gasteiger partial charge in [-0.25, -0.2) is 4.68 Å². The molecule has 0 bridgehead atoms. The van der Waals surface area contributed by atoms with Gasteiger partial charge in [-0.3, -0.25) is 0 Å². The van der Waals surface area contributed by atoms with Crippen molar-refractivity contribution in [3.8, 4) is 0 Å². The molecule has 0 aliphatic heterocycles. The van der Waals surface area contributed by atoms with E-state index < -0.39 is 0 Å². The van der Waals surface area contributed by atoms with Gasteiger partial charge in [0.2, 0.25) is 0 Å². The van der Waals surface area contributed by atoms with Crippen molar-refractivity contribution in [2.24, 2.45) is 5.92 Å². The van der Waals surface area contributed by atoms with Crippen LogP contribution >= 0.6 is 11.6 Å². The third-order valence-corrected chi connectivity index (χ3v) is 2.32. The van der Waals surface area contributed by atoms with Gasteiger partial charge in [-0.05, 0) is 12.3 Å². The molecule has 80 valence electrons. The number of hydrogen-bond donors (Lipinski definition) is 0. The number of alkyl halides is 1. The molecule has 0 fully saturated rings. The van der Waals surface area contributed by atoms with E-state index in [0.29, 0.717) is 11.8 Å². The Labute approximate surface area is 90.4 Å². The van der Waals surface area contributed by atoms with Crippen LogP contribution in [-0.4, -0.2) is 15.0 Å². The van der Waals surface area contributed by atoms with E-state index in [1.807, 2.05) is 4.68 Å². The van der Waals surface area contributed by atoms with Gasteiger partial charge in [0.15, 0.2) is 0 Å². The van der Waals surface area contributed by atoms with Crippen LogP contribution < -0.4 is 0 Å². The summed E-state index contributed by atoms with van der Waals surface area (Å²) >= 11 is 5.80. The Morgan fingerprint density at radius 1 is 1.43 bits per heavy atom. The normalized spacial score (nSPS) is 11.2. The van der Waals surface area contributed by atoms with Gasteiger partial charge in [0, 0.05) is 6.54 Å². The summed E-state index contributed by atoms with van der Waals surface area (Å²) in [5.41, 5.74) is 2.14. The Morgan fingerprint density at radius 3 is 2.64 bits per heavy atom. The summed E-state index contributed by atoms with van der Waals surface area (Å²) in [6.07, 6.45) is 2.12. The molecule has 3 nitrogen and oxygen atoms in total. The molecule has 0 saturated heterocycles. The van der Waals surface area contributed by atoms with E-state index in [2.05, 4.69) is 31.1 Å². The molecule has 0 atom stereocenters. The molecule has 1 rings (SSSR count). The van der Waals surface area contributed by atoms with Crippen molar-refractivity contribution < 1.29 is 0 Å². The topological polar surface area (TPSA) is 30.7 Å². The van der Waals surface area contributed by atoms with Gasteiger partial charge in [-0.1, -0.05) is 32.4 Å². The number of nitrogens with zero attached hydrogens (tertiary/aromatic N) is 3. The standard InChI is InChI=1S/C10H18ClN3/c1-4-5-10-9(6-11)12-13-14(10)7-8(2)3/h8H,4-7H2,1-3H3. The SMILES string of the molecule is CCCc1c(CCl)nnn1CC(C)C. The number of hydrogen-bond acceptors (Lipinski definition) is 2. The van der Waals surface area contributed by atoms with Crippen LogP contribution in [0.3, 0.4) is 0 Å². The average molecular weight is 216 g/mol. The second-order valence-electron chi connectivity index (χ2n) is 3.94. The molecule has 4 heteroatoms. The van der Waals surface area contributed by atoms with Crippen LogP contribution in [0.15, 0.2) is 0 Å². The lowest BCUT2D eigenvalue weighted by Crippen LogP contribution is -2.10. The Balaban J connectivity index is 2.86. The van der Waals surface area contributed by atoms with Gasteiger partial charge in [-0.15, -0.1) is 16.7 Å². The van der Waals surface area contributed by atoms with Crippen molar-refractivity contribution in [2.45, 2.75) is 46.0 Å². The summed E-state index contributed by atoms with van der Waals surface area (Å²) in [5, 5.41) is 8.22. The molecule has 0 N–H and O–H groups in total. The van der Waals surface area contributed by atoms with Gasteiger partial charge < -0.3 is 0 Å². The zero-order valence-electron chi connectivity index (χ0n) is 9.13. The number of halogens is 1. The molecule has 1 aromatic heterocycles. The Bertz CT molecular complexity index is 281. The summed E-state index contributed by atoms with van der Waals surface area (Å²) < 4.78 is 1.99. The lowest BCUT2D eigenvalue weighted by atomic mass is 10.2. The van der Waals surface area contributed by atoms with Crippen LogP contribution in [0.1, 0.15) is 38.6 Å². The first-order valence-corrected chi connectivity index (χ1v) is 5.69. The average Bonchev–Trinajstić information content (AvgIpc) is 2.48. The van der Waals surface area contributed by atoms with E-state index in [1.165, 1.54) is 5.69 Å². The maximum absolute atomic E-state index is 5.80. The molecule has 0 unspecified atom stereocenters. The molecule has 0 aliphatic rings. The van der Waals surface area contributed by atoms with Crippen LogP contribution in [0.25, 0.3) is 0 Å². The molecule has 0 saturated carbocycles. The zero-order chi connectivity index (χ0) is 10.6. The molecule has 0 amide bonds. The van der Waals surface area contributed by atoms with Crippen molar-refractivity contribution in [3.05, 3.63) is 11.4 Å². The lowest BCUT2D eigenvalue weighted by Gasteiger charge is -2.08. The van der Waals surface area contributed by atoms with Gasteiger partial charge >= 0.3 is 0 Å². The van der Waals surface area contributed by atoms with Crippen LogP contribution in [0.2, 0.25) is 0 Å². The highest BCUT2D eigenvalue weighted by atomic mass is 35.5. The van der Waals surface area contributed by atoms with Crippen LogP contribution in [0.5, 0.6) is 0 Å². The van der Waals surface area contributed by atoms with Crippen LogP contribution in [0, 0.1) is 5.92 Å². The summed E-state index contributed by atoms with van der Waals surface area (Å²) in [6.45, 7) is 7.44. The third-order valence-electron chi connectivity index (χ3n) is 2.07. The molecule has 0 aromatic carbocycles. The first kappa shape index (κ1) is 11.5. The quantitative estimate of drug-likeness (QED) is 0.707. The molecule has 0 aliphatic carbocycles. The van der Waals surface area contributed by atoms with Crippen molar-refractivity contribution in [2.75, 3.05) is 0 Å². The van der Waals surface area contributed by atoms with Gasteiger partial charge in [0.05, 0.1) is 11.6 Å². The molecular weight excluding hydrogens is 198 g/mol. The largest absolute Gasteiger partial charge is 0.249 e. The van der Waals surface area contributed by atoms with Gasteiger partial charge in [0.25, 0.3) is 0 Å². The van der Waals surface area contributed by atoms with Gasteiger partial charge in [-0.2, -0.15) is 0 Å². The maximum atomic E-state index is 5.80. The smallest absolute Gasteiger partial charge is 0.101 e. The van der Waals surface area contributed by atoms with Crippen LogP contribution in [-0.2, 0) is 18.8 Å². The molecule has 0 radical (unpaired) electrons. The fraction of sp³-hybridized carbons (Fsp3) is 0.800. The minimum Gasteiger partial charge on any atom is -0.249 e. The highest BCUT2D eigenvalue weighted by Crippen LogP contribution is 2.12. The summed E-state index contributed by atoms with van der Waals surface area (Å²) in [4.78, 5) is 0. The van der Waals surface area contributed by atoms with Crippen molar-refractivity contribution in [3.63, 3.8) is 0 Å². The minimum absolute atomic E-state index is 0.466. The predicted molar refractivity (Wildman–Crippen MR) is 58.4 cm³/mol.